The highest BCUT2D eigenvalue weighted by Gasteiger charge is 2.45. The maximum absolute atomic E-state index is 13.0. The first-order chi connectivity index (χ1) is 13.0. The van der Waals surface area contributed by atoms with Crippen molar-refractivity contribution in [3.8, 4) is 5.95 Å². The number of hydrogen-bond donors (Lipinski definition) is 0. The Kier molecular flexibility index (Phi) is 4.93. The quantitative estimate of drug-likeness (QED) is 0.728. The molecule has 7 nitrogen and oxygen atoms in total. The molecule has 0 bridgehead atoms. The van der Waals surface area contributed by atoms with Crippen LogP contribution in [0, 0.1) is 0 Å². The fraction of sp³-hybridized carbons (Fsp3) is 0.467. The Hall–Kier alpha value is -2.86. The van der Waals surface area contributed by atoms with Crippen molar-refractivity contribution in [2.75, 3.05) is 23.4 Å². The van der Waals surface area contributed by atoms with Crippen molar-refractivity contribution in [2.45, 2.75) is 31.2 Å². The van der Waals surface area contributed by atoms with Crippen LogP contribution in [0.1, 0.15) is 12.8 Å². The van der Waals surface area contributed by atoms with Gasteiger partial charge in [0.05, 0.1) is 19.0 Å². The Morgan fingerprint density at radius 1 is 1.14 bits per heavy atom. The van der Waals surface area contributed by atoms with Gasteiger partial charge in [-0.3, -0.25) is 9.36 Å². The lowest BCUT2D eigenvalue weighted by atomic mass is 10.1. The maximum Gasteiger partial charge on any atom is 0.391 e. The molecule has 3 heterocycles. The van der Waals surface area contributed by atoms with Gasteiger partial charge in [0, 0.05) is 26.0 Å². The average molecular weight is 408 g/mol. The summed E-state index contributed by atoms with van der Waals surface area (Å²) < 4.78 is 78.6. The van der Waals surface area contributed by atoms with Gasteiger partial charge in [-0.1, -0.05) is 0 Å². The van der Waals surface area contributed by atoms with Crippen LogP contribution in [0.15, 0.2) is 24.9 Å². The number of aromatic nitrogens is 4. The molecule has 1 aliphatic rings. The zero-order chi connectivity index (χ0) is 20.7. The lowest BCUT2D eigenvalue weighted by molar-refractivity contribution is -0.148. The third-order valence-electron chi connectivity index (χ3n) is 4.16. The molecule has 1 atom stereocenters. The number of nitrogens with zero attached hydrogens (tertiary/aromatic N) is 6. The normalized spacial score (nSPS) is 17.8. The number of hydrogen-bond acceptors (Lipinski definition) is 5. The van der Waals surface area contributed by atoms with E-state index in [1.165, 1.54) is 36.5 Å². The lowest BCUT2D eigenvalue weighted by Crippen LogP contribution is -2.55. The third-order valence-corrected chi connectivity index (χ3v) is 4.16. The van der Waals surface area contributed by atoms with Crippen LogP contribution in [-0.4, -0.2) is 57.4 Å². The van der Waals surface area contributed by atoms with Gasteiger partial charge in [-0.25, -0.2) is 9.97 Å². The van der Waals surface area contributed by atoms with Crippen LogP contribution in [0.4, 0.5) is 37.8 Å². The summed E-state index contributed by atoms with van der Waals surface area (Å²) in [5.74, 6) is -1.16. The minimum atomic E-state index is -4.75. The van der Waals surface area contributed by atoms with Crippen LogP contribution in [0.2, 0.25) is 0 Å². The van der Waals surface area contributed by atoms with Crippen molar-refractivity contribution in [2.24, 2.45) is 0 Å². The molecule has 152 valence electrons. The fourth-order valence-corrected chi connectivity index (χ4v) is 2.86. The van der Waals surface area contributed by atoms with Crippen LogP contribution in [0.5, 0.6) is 0 Å². The van der Waals surface area contributed by atoms with Crippen molar-refractivity contribution in [3.63, 3.8) is 0 Å². The zero-order valence-electron chi connectivity index (χ0n) is 14.4. The van der Waals surface area contributed by atoms with Gasteiger partial charge in [-0.2, -0.15) is 31.3 Å². The molecule has 1 amide bonds. The van der Waals surface area contributed by atoms with Crippen LogP contribution in [-0.2, 0) is 4.79 Å². The van der Waals surface area contributed by atoms with E-state index in [1.54, 1.807) is 0 Å². The predicted octanol–water partition coefficient (Wildman–Crippen LogP) is 2.72. The van der Waals surface area contributed by atoms with Gasteiger partial charge in [-0.15, -0.1) is 0 Å². The number of likely N-dealkylation sites (N-methyl/N-ethyl adjacent to an activating group) is 1. The Bertz CT molecular complexity index is 850. The topological polar surface area (TPSA) is 67.2 Å². The van der Waals surface area contributed by atoms with E-state index in [-0.39, 0.29) is 17.5 Å². The fourth-order valence-electron chi connectivity index (χ4n) is 2.86. The summed E-state index contributed by atoms with van der Waals surface area (Å²) in [4.78, 5) is 26.0. The first kappa shape index (κ1) is 19.9. The highest BCUT2D eigenvalue weighted by molar-refractivity contribution is 6.04. The van der Waals surface area contributed by atoms with Crippen LogP contribution >= 0.6 is 0 Å². The van der Waals surface area contributed by atoms with E-state index in [9.17, 15) is 31.1 Å². The van der Waals surface area contributed by atoms with Crippen LogP contribution in [0.25, 0.3) is 5.95 Å². The predicted molar refractivity (Wildman–Crippen MR) is 85.0 cm³/mol. The summed E-state index contributed by atoms with van der Waals surface area (Å²) in [6.07, 6.45) is -6.99. The third kappa shape index (κ3) is 4.17. The Labute approximate surface area is 154 Å². The Morgan fingerprint density at radius 3 is 2.43 bits per heavy atom. The monoisotopic (exact) mass is 408 g/mol. The number of carbonyl (C=O) groups is 1. The smallest absolute Gasteiger partial charge is 0.342 e. The van der Waals surface area contributed by atoms with Gasteiger partial charge in [0.2, 0.25) is 11.9 Å². The highest BCUT2D eigenvalue weighted by atomic mass is 19.4. The minimum absolute atomic E-state index is 0.00164. The van der Waals surface area contributed by atoms with Crippen molar-refractivity contribution in [1.82, 2.24) is 19.5 Å². The highest BCUT2D eigenvalue weighted by Crippen LogP contribution is 2.38. The summed E-state index contributed by atoms with van der Waals surface area (Å²) in [5.41, 5.74) is 0.0227. The first-order valence-corrected chi connectivity index (χ1v) is 7.99. The second-order valence-electron chi connectivity index (χ2n) is 6.14. The van der Waals surface area contributed by atoms with E-state index < -0.39 is 43.7 Å². The molecule has 0 N–H and O–H groups in total. The van der Waals surface area contributed by atoms with E-state index >= 15 is 0 Å². The SMILES string of the molecule is CN1C(=O)[C@@H](CC(F)(F)F)N(CCC(F)(F)F)c2nc(-n3ccnc3)ncc21. The van der Waals surface area contributed by atoms with Gasteiger partial charge >= 0.3 is 12.4 Å². The van der Waals surface area contributed by atoms with E-state index in [0.29, 0.717) is 0 Å². The molecule has 13 heteroatoms. The van der Waals surface area contributed by atoms with Gasteiger partial charge in [0.1, 0.15) is 18.1 Å². The molecular formula is C15H14F6N6O. The molecule has 1 aliphatic heterocycles. The molecule has 3 rings (SSSR count). The van der Waals surface area contributed by atoms with E-state index in [0.717, 1.165) is 9.80 Å². The summed E-state index contributed by atoms with van der Waals surface area (Å²) in [7, 11) is 1.23. The molecule has 0 aromatic carbocycles. The standard InChI is InChI=1S/C15H14F6N6O/c1-25-10-7-23-13(26-5-3-22-8-26)24-11(10)27(4-2-14(16,17)18)9(12(25)28)6-15(19,20)21/h3,5,7-9H,2,4,6H2,1H3/t9-/m1/s1. The van der Waals surface area contributed by atoms with Crippen LogP contribution in [0.3, 0.4) is 0 Å². The molecule has 0 aliphatic carbocycles. The summed E-state index contributed by atoms with van der Waals surface area (Å²) in [5, 5.41) is 0. The Morgan fingerprint density at radius 2 is 1.86 bits per heavy atom. The van der Waals surface area contributed by atoms with E-state index in [1.807, 2.05) is 0 Å². The summed E-state index contributed by atoms with van der Waals surface area (Å²) >= 11 is 0. The Balaban J connectivity index is 2.07. The number of alkyl halides is 6. The maximum atomic E-state index is 13.0. The number of carbonyl (C=O) groups excluding carboxylic acids is 1. The number of anilines is 2. The number of halogens is 6. The molecule has 0 fully saturated rings. The van der Waals surface area contributed by atoms with Gasteiger partial charge in [-0.05, 0) is 0 Å². The zero-order valence-corrected chi connectivity index (χ0v) is 14.4. The lowest BCUT2D eigenvalue weighted by Gasteiger charge is -2.40. The van der Waals surface area contributed by atoms with Crippen molar-refractivity contribution in [1.29, 1.82) is 0 Å². The largest absolute Gasteiger partial charge is 0.391 e. The molecule has 2 aromatic heterocycles. The first-order valence-electron chi connectivity index (χ1n) is 7.99. The number of imidazole rings is 1. The van der Waals surface area contributed by atoms with Gasteiger partial charge in [0.25, 0.3) is 0 Å². The van der Waals surface area contributed by atoms with Crippen molar-refractivity contribution in [3.05, 3.63) is 24.9 Å². The molecule has 0 saturated carbocycles. The number of rotatable bonds is 4. The van der Waals surface area contributed by atoms with E-state index in [2.05, 4.69) is 15.0 Å². The summed E-state index contributed by atoms with van der Waals surface area (Å²) in [6, 6.07) is -1.86. The van der Waals surface area contributed by atoms with Crippen LogP contribution < -0.4 is 9.80 Å². The molecular weight excluding hydrogens is 394 g/mol. The second-order valence-corrected chi connectivity index (χ2v) is 6.14. The van der Waals surface area contributed by atoms with Gasteiger partial charge < -0.3 is 9.80 Å². The number of amides is 1. The van der Waals surface area contributed by atoms with Crippen molar-refractivity contribution < 1.29 is 31.1 Å². The molecule has 2 aromatic rings. The second kappa shape index (κ2) is 6.95. The molecule has 0 spiro atoms. The van der Waals surface area contributed by atoms with E-state index in [4.69, 9.17) is 0 Å². The van der Waals surface area contributed by atoms with Gasteiger partial charge in [0.15, 0.2) is 5.82 Å². The minimum Gasteiger partial charge on any atom is -0.342 e. The molecule has 0 radical (unpaired) electrons. The van der Waals surface area contributed by atoms with Crippen molar-refractivity contribution >= 4 is 17.4 Å². The average Bonchev–Trinajstić information content (AvgIpc) is 3.11. The number of fused-ring (bicyclic) bond motifs is 1. The molecule has 0 saturated heterocycles. The molecule has 28 heavy (non-hydrogen) atoms. The molecule has 0 unspecified atom stereocenters. The summed E-state index contributed by atoms with van der Waals surface area (Å²) in [6.45, 7) is -0.850.